The molecule has 4 rings (SSSR count). The molecular weight excluding hydrogens is 311 g/mol. The predicted octanol–water partition coefficient (Wildman–Crippen LogP) is 2.27. The van der Waals surface area contributed by atoms with Crippen molar-refractivity contribution in [3.05, 3.63) is 34.9 Å². The van der Waals surface area contributed by atoms with Crippen molar-refractivity contribution in [3.8, 4) is 11.5 Å². The molecule has 2 aliphatic heterocycles. The molecule has 22 heavy (non-hydrogen) atoms. The molecule has 0 unspecified atom stereocenters. The van der Waals surface area contributed by atoms with Crippen LogP contribution in [0.1, 0.15) is 12.5 Å². The molecule has 0 saturated carbocycles. The number of carbonyl (C=O) groups is 1. The second-order valence-corrected chi connectivity index (χ2v) is 5.55. The van der Waals surface area contributed by atoms with Crippen LogP contribution in [0.3, 0.4) is 0 Å². The van der Waals surface area contributed by atoms with Crippen molar-refractivity contribution in [1.82, 2.24) is 9.78 Å². The summed E-state index contributed by atoms with van der Waals surface area (Å²) in [6.45, 7) is 0.321. The van der Waals surface area contributed by atoms with Crippen LogP contribution in [0.15, 0.2) is 28.7 Å². The number of nitrogens with zero attached hydrogens (tertiary/aromatic N) is 2. The summed E-state index contributed by atoms with van der Waals surface area (Å²) in [5.74, 6) is -0.201. The second-order valence-electron chi connectivity index (χ2n) is 5.20. The van der Waals surface area contributed by atoms with Crippen molar-refractivity contribution in [2.45, 2.75) is 24.9 Å². The molecule has 0 N–H and O–H groups in total. The molecule has 2 fully saturated rings. The van der Waals surface area contributed by atoms with Crippen LogP contribution in [0.25, 0.3) is 11.5 Å². The van der Waals surface area contributed by atoms with Gasteiger partial charge in [-0.2, -0.15) is 0 Å². The zero-order chi connectivity index (χ0) is 15.3. The highest BCUT2D eigenvalue weighted by Gasteiger charge is 2.45. The summed E-state index contributed by atoms with van der Waals surface area (Å²) in [4.78, 5) is 12.0. The summed E-state index contributed by atoms with van der Waals surface area (Å²) in [7, 11) is 0. The molecule has 3 atom stereocenters. The molecule has 0 aliphatic carbocycles. The minimum Gasteiger partial charge on any atom is -0.409 e. The van der Waals surface area contributed by atoms with Crippen LogP contribution in [0.4, 0.5) is 4.39 Å². The SMILES string of the molecule is O=C1C[C@H](n2nc(-c3ccc(F)cc3)oc2=S)[C@@H]2CO[C@H]1O2. The first kappa shape index (κ1) is 13.7. The van der Waals surface area contributed by atoms with Crippen LogP contribution in [0, 0.1) is 10.7 Å². The maximum absolute atomic E-state index is 13.0. The van der Waals surface area contributed by atoms with Crippen molar-refractivity contribution < 1.29 is 23.1 Å². The number of hydrogen-bond acceptors (Lipinski definition) is 6. The number of carbonyl (C=O) groups excluding carboxylic acids is 1. The van der Waals surface area contributed by atoms with E-state index in [0.29, 0.717) is 12.2 Å². The lowest BCUT2D eigenvalue weighted by atomic mass is 10.0. The van der Waals surface area contributed by atoms with E-state index in [9.17, 15) is 9.18 Å². The van der Waals surface area contributed by atoms with E-state index in [2.05, 4.69) is 5.10 Å². The van der Waals surface area contributed by atoms with Gasteiger partial charge in [-0.15, -0.1) is 5.10 Å². The van der Waals surface area contributed by atoms with Crippen molar-refractivity contribution >= 4 is 18.0 Å². The second kappa shape index (κ2) is 5.08. The smallest absolute Gasteiger partial charge is 0.287 e. The Morgan fingerprint density at radius 2 is 2.09 bits per heavy atom. The van der Waals surface area contributed by atoms with Crippen molar-refractivity contribution in [3.63, 3.8) is 0 Å². The minimum absolute atomic E-state index is 0.132. The average Bonchev–Trinajstić information content (AvgIpc) is 3.09. The van der Waals surface area contributed by atoms with Gasteiger partial charge in [0.2, 0.25) is 12.2 Å². The number of ketones is 1. The van der Waals surface area contributed by atoms with Gasteiger partial charge in [-0.1, -0.05) is 0 Å². The molecule has 114 valence electrons. The van der Waals surface area contributed by atoms with E-state index in [4.69, 9.17) is 26.1 Å². The molecule has 0 spiro atoms. The Kier molecular flexibility index (Phi) is 3.17. The standard InChI is InChI=1S/C14H11FN2O4S/c15-8-3-1-7(2-4-8)12-16-17(14(22)21-12)9-5-10(18)13-19-6-11(9)20-13/h1-4,9,11,13H,5-6H2/t9-,11-,13-/m0/s1. The fraction of sp³-hybridized carbons (Fsp3) is 0.357. The summed E-state index contributed by atoms with van der Waals surface area (Å²) in [6.07, 6.45) is -0.807. The van der Waals surface area contributed by atoms with Crippen molar-refractivity contribution in [2.24, 2.45) is 0 Å². The number of fused-ring (bicyclic) bond motifs is 2. The molecule has 2 aromatic rings. The lowest BCUT2D eigenvalue weighted by molar-refractivity contribution is -0.156. The maximum Gasteiger partial charge on any atom is 0.287 e. The molecule has 2 aliphatic rings. The summed E-state index contributed by atoms with van der Waals surface area (Å²) in [6, 6.07) is 5.39. The Morgan fingerprint density at radius 3 is 2.86 bits per heavy atom. The van der Waals surface area contributed by atoms with Gasteiger partial charge in [0.1, 0.15) is 11.9 Å². The van der Waals surface area contributed by atoms with Crippen LogP contribution >= 0.6 is 12.2 Å². The third-order valence-corrected chi connectivity index (χ3v) is 4.06. The van der Waals surface area contributed by atoms with Gasteiger partial charge < -0.3 is 13.9 Å². The number of ether oxygens (including phenoxy) is 2. The Bertz CT molecular complexity index is 785. The van der Waals surface area contributed by atoms with Gasteiger partial charge in [-0.25, -0.2) is 9.07 Å². The molecule has 2 bridgehead atoms. The first-order chi connectivity index (χ1) is 10.6. The lowest BCUT2D eigenvalue weighted by Gasteiger charge is -2.25. The molecule has 8 heteroatoms. The average molecular weight is 322 g/mol. The van der Waals surface area contributed by atoms with E-state index in [0.717, 1.165) is 0 Å². The highest BCUT2D eigenvalue weighted by Crippen LogP contribution is 2.33. The zero-order valence-electron chi connectivity index (χ0n) is 11.3. The number of aromatic nitrogens is 2. The quantitative estimate of drug-likeness (QED) is 0.790. The zero-order valence-corrected chi connectivity index (χ0v) is 12.1. The van der Waals surface area contributed by atoms with E-state index >= 15 is 0 Å². The van der Waals surface area contributed by atoms with Gasteiger partial charge in [0.15, 0.2) is 5.78 Å². The minimum atomic E-state index is -0.765. The fourth-order valence-corrected chi connectivity index (χ4v) is 2.93. The Morgan fingerprint density at radius 1 is 1.32 bits per heavy atom. The molecule has 1 aromatic carbocycles. The van der Waals surface area contributed by atoms with E-state index in [1.165, 1.54) is 16.8 Å². The Balaban J connectivity index is 1.70. The number of rotatable bonds is 2. The third kappa shape index (κ3) is 2.20. The Labute approximate surface area is 129 Å². The number of benzene rings is 1. The van der Waals surface area contributed by atoms with Crippen molar-refractivity contribution in [1.29, 1.82) is 0 Å². The van der Waals surface area contributed by atoms with Gasteiger partial charge in [-0.05, 0) is 36.5 Å². The summed E-state index contributed by atoms with van der Waals surface area (Å²) in [5.41, 5.74) is 0.606. The summed E-state index contributed by atoms with van der Waals surface area (Å²) >= 11 is 5.18. The monoisotopic (exact) mass is 322 g/mol. The normalized spacial score (nSPS) is 27.3. The maximum atomic E-state index is 13.0. The van der Waals surface area contributed by atoms with Gasteiger partial charge >= 0.3 is 0 Å². The summed E-state index contributed by atoms with van der Waals surface area (Å²) in [5, 5.41) is 4.32. The molecule has 3 heterocycles. The third-order valence-electron chi connectivity index (χ3n) is 3.79. The van der Waals surface area contributed by atoms with Gasteiger partial charge in [0.05, 0.1) is 12.6 Å². The highest BCUT2D eigenvalue weighted by molar-refractivity contribution is 7.71. The van der Waals surface area contributed by atoms with E-state index in [-0.39, 0.29) is 40.9 Å². The fourth-order valence-electron chi connectivity index (χ4n) is 2.68. The van der Waals surface area contributed by atoms with E-state index in [1.54, 1.807) is 12.1 Å². The molecule has 1 aromatic heterocycles. The topological polar surface area (TPSA) is 66.5 Å². The van der Waals surface area contributed by atoms with Crippen LogP contribution in [-0.2, 0) is 14.3 Å². The van der Waals surface area contributed by atoms with E-state index < -0.39 is 6.29 Å². The van der Waals surface area contributed by atoms with Gasteiger partial charge in [0, 0.05) is 12.0 Å². The number of hydrogen-bond donors (Lipinski definition) is 0. The molecule has 0 amide bonds. The van der Waals surface area contributed by atoms with Crippen LogP contribution in [0.2, 0.25) is 0 Å². The first-order valence-corrected chi connectivity index (χ1v) is 7.18. The highest BCUT2D eigenvalue weighted by atomic mass is 32.1. The summed E-state index contributed by atoms with van der Waals surface area (Å²) < 4.78 is 30.7. The molecule has 2 saturated heterocycles. The van der Waals surface area contributed by atoms with Gasteiger partial charge in [0.25, 0.3) is 4.84 Å². The van der Waals surface area contributed by atoms with Crippen LogP contribution < -0.4 is 0 Å². The van der Waals surface area contributed by atoms with E-state index in [1.807, 2.05) is 0 Å². The molecule has 0 radical (unpaired) electrons. The predicted molar refractivity (Wildman–Crippen MR) is 74.0 cm³/mol. The molecule has 6 nitrogen and oxygen atoms in total. The Hall–Kier alpha value is -1.90. The lowest BCUT2D eigenvalue weighted by Crippen LogP contribution is -2.37. The molecular formula is C14H11FN2O4S. The largest absolute Gasteiger partial charge is 0.409 e. The number of Topliss-reactive ketones (excluding diaryl/α,β-unsaturated/α-hetero) is 1. The van der Waals surface area contributed by atoms with Crippen LogP contribution in [0.5, 0.6) is 0 Å². The number of halogens is 1. The van der Waals surface area contributed by atoms with Gasteiger partial charge in [-0.3, -0.25) is 4.79 Å². The first-order valence-electron chi connectivity index (χ1n) is 6.77. The van der Waals surface area contributed by atoms with Crippen LogP contribution in [-0.4, -0.2) is 34.6 Å². The van der Waals surface area contributed by atoms with Crippen molar-refractivity contribution in [2.75, 3.05) is 6.61 Å².